The molecule has 2 heterocycles. The quantitative estimate of drug-likeness (QED) is 0.468. The van der Waals surface area contributed by atoms with Crippen molar-refractivity contribution in [2.45, 2.75) is 6.54 Å². The van der Waals surface area contributed by atoms with Crippen molar-refractivity contribution in [3.05, 3.63) is 41.7 Å². The van der Waals surface area contributed by atoms with Crippen molar-refractivity contribution in [1.29, 1.82) is 5.41 Å². The number of nitrogens with zero attached hydrogens (tertiary/aromatic N) is 3. The summed E-state index contributed by atoms with van der Waals surface area (Å²) in [5, 5.41) is 8.52. The van der Waals surface area contributed by atoms with E-state index in [-0.39, 0.29) is 4.61 Å². The zero-order chi connectivity index (χ0) is 16.6. The van der Waals surface area contributed by atoms with E-state index in [2.05, 4.69) is 26.0 Å². The van der Waals surface area contributed by atoms with Crippen molar-refractivity contribution in [3.63, 3.8) is 0 Å². The van der Waals surface area contributed by atoms with E-state index < -0.39 is 0 Å². The molecule has 0 aliphatic heterocycles. The van der Waals surface area contributed by atoms with Crippen LogP contribution in [0.15, 0.2) is 30.6 Å². The van der Waals surface area contributed by atoms with Gasteiger partial charge in [-0.1, -0.05) is 0 Å². The molecule has 3 aromatic rings. The fourth-order valence-electron chi connectivity index (χ4n) is 2.51. The number of anilines is 2. The van der Waals surface area contributed by atoms with Crippen molar-refractivity contribution >= 4 is 43.3 Å². The first kappa shape index (κ1) is 15.3. The third kappa shape index (κ3) is 2.62. The van der Waals surface area contributed by atoms with Gasteiger partial charge in [0.05, 0.1) is 0 Å². The molecule has 117 valence electrons. The number of hydrogen-bond acceptors (Lipinski definition) is 6. The first-order chi connectivity index (χ1) is 11.0. The van der Waals surface area contributed by atoms with Crippen LogP contribution in [-0.2, 0) is 6.54 Å². The first-order valence-corrected chi connectivity index (χ1v) is 7.65. The molecule has 8 heteroatoms. The minimum atomic E-state index is 0.211. The number of ether oxygens (including phenoxy) is 1. The van der Waals surface area contributed by atoms with Crippen LogP contribution >= 0.6 is 0 Å². The molecule has 0 aliphatic rings. The second kappa shape index (κ2) is 5.91. The van der Waals surface area contributed by atoms with Gasteiger partial charge >= 0.3 is 141 Å². The zero-order valence-electron chi connectivity index (χ0n) is 12.4. The van der Waals surface area contributed by atoms with Gasteiger partial charge in [0.1, 0.15) is 0 Å². The number of benzene rings is 1. The van der Waals surface area contributed by atoms with Crippen LogP contribution < -0.4 is 16.2 Å². The van der Waals surface area contributed by atoms with Crippen molar-refractivity contribution in [2.24, 2.45) is 0 Å². The molecule has 0 aliphatic carbocycles. The Balaban J connectivity index is 2.15. The van der Waals surface area contributed by atoms with E-state index in [0.717, 1.165) is 11.3 Å². The van der Waals surface area contributed by atoms with E-state index in [1.54, 1.807) is 7.11 Å². The molecule has 23 heavy (non-hydrogen) atoms. The fourth-order valence-corrected chi connectivity index (χ4v) is 2.95. The van der Waals surface area contributed by atoms with E-state index in [4.69, 9.17) is 21.6 Å². The minimum absolute atomic E-state index is 0.211. The van der Waals surface area contributed by atoms with E-state index in [1.165, 1.54) is 6.33 Å². The normalized spacial score (nSPS) is 10.8. The van der Waals surface area contributed by atoms with E-state index in [9.17, 15) is 0 Å². The van der Waals surface area contributed by atoms with Gasteiger partial charge in [0, 0.05) is 0 Å². The van der Waals surface area contributed by atoms with Crippen LogP contribution in [0.5, 0.6) is 5.75 Å². The van der Waals surface area contributed by atoms with Crippen LogP contribution in [0.2, 0.25) is 0 Å². The molecule has 7 nitrogen and oxygen atoms in total. The van der Waals surface area contributed by atoms with Gasteiger partial charge in [-0.25, -0.2) is 0 Å². The van der Waals surface area contributed by atoms with E-state index >= 15 is 0 Å². The van der Waals surface area contributed by atoms with Gasteiger partial charge in [0.2, 0.25) is 0 Å². The second-order valence-electron chi connectivity index (χ2n) is 4.98. The SMILES string of the molecule is COc1ccc(Cn2c(N)c(C(=N)[Se])c3c(N)ncnc32)cc1. The molecule has 0 fully saturated rings. The Labute approximate surface area is 141 Å². The third-order valence-electron chi connectivity index (χ3n) is 3.64. The standard InChI is InChI=1S/C15H15N6OSe/c1-22-9-4-2-8(3-5-9)6-21-13(17)11(14(18)23)10-12(16)19-7-20-15(10)21/h2-5,7,18H,6,17H2,1H3,(H2,16,19,20). The van der Waals surface area contributed by atoms with Crippen LogP contribution in [0.1, 0.15) is 11.1 Å². The number of fused-ring (bicyclic) bond motifs is 1. The molecule has 0 amide bonds. The maximum absolute atomic E-state index is 7.92. The molecule has 5 N–H and O–H groups in total. The third-order valence-corrected chi connectivity index (χ3v) is 4.06. The van der Waals surface area contributed by atoms with Gasteiger partial charge in [-0.3, -0.25) is 0 Å². The predicted octanol–water partition coefficient (Wildman–Crippen LogP) is 1.15. The summed E-state index contributed by atoms with van der Waals surface area (Å²) in [6.45, 7) is 0.510. The molecule has 0 spiro atoms. The summed E-state index contributed by atoms with van der Waals surface area (Å²) >= 11 is 2.67. The molecule has 1 aromatic carbocycles. The van der Waals surface area contributed by atoms with Gasteiger partial charge < -0.3 is 0 Å². The predicted molar refractivity (Wildman–Crippen MR) is 91.0 cm³/mol. The van der Waals surface area contributed by atoms with Crippen molar-refractivity contribution in [3.8, 4) is 5.75 Å². The van der Waals surface area contributed by atoms with Gasteiger partial charge in [-0.15, -0.1) is 0 Å². The average Bonchev–Trinajstić information content (AvgIpc) is 2.82. The Kier molecular flexibility index (Phi) is 3.94. The van der Waals surface area contributed by atoms with Crippen molar-refractivity contribution < 1.29 is 4.74 Å². The molecular formula is C15H15N6OSe. The Morgan fingerprint density at radius 3 is 2.57 bits per heavy atom. The van der Waals surface area contributed by atoms with Gasteiger partial charge in [0.15, 0.2) is 0 Å². The zero-order valence-corrected chi connectivity index (χ0v) is 14.1. The summed E-state index contributed by atoms with van der Waals surface area (Å²) in [5.41, 5.74) is 14.4. The van der Waals surface area contributed by atoms with Crippen LogP contribution in [-0.4, -0.2) is 42.3 Å². The van der Waals surface area contributed by atoms with Crippen molar-refractivity contribution in [2.75, 3.05) is 18.6 Å². The van der Waals surface area contributed by atoms with Gasteiger partial charge in [-0.05, 0) is 0 Å². The number of nitrogens with one attached hydrogen (secondary N) is 1. The Morgan fingerprint density at radius 1 is 1.26 bits per heavy atom. The number of nitrogen functional groups attached to an aromatic ring is 2. The molecule has 0 bridgehead atoms. The second-order valence-corrected chi connectivity index (χ2v) is 5.84. The number of nitrogens with two attached hydrogens (primary N) is 2. The molecule has 0 saturated heterocycles. The van der Waals surface area contributed by atoms with Crippen molar-refractivity contribution in [1.82, 2.24) is 14.5 Å². The number of aromatic nitrogens is 3. The summed E-state index contributed by atoms with van der Waals surface area (Å²) in [5.74, 6) is 1.54. The molecule has 0 saturated carbocycles. The topological polar surface area (TPSA) is 116 Å². The van der Waals surface area contributed by atoms with Crippen LogP contribution in [0.3, 0.4) is 0 Å². The average molecular weight is 374 g/mol. The molecule has 2 aromatic heterocycles. The monoisotopic (exact) mass is 375 g/mol. The van der Waals surface area contributed by atoms with Crippen LogP contribution in [0.4, 0.5) is 11.6 Å². The molecule has 0 atom stereocenters. The van der Waals surface area contributed by atoms with Gasteiger partial charge in [-0.2, -0.15) is 0 Å². The van der Waals surface area contributed by atoms with E-state index in [1.807, 2.05) is 28.8 Å². The number of hydrogen-bond donors (Lipinski definition) is 3. The fraction of sp³-hybridized carbons (Fsp3) is 0.133. The van der Waals surface area contributed by atoms with E-state index in [0.29, 0.717) is 34.8 Å². The summed E-state index contributed by atoms with van der Waals surface area (Å²) < 4.78 is 7.20. The maximum atomic E-state index is 7.92. The summed E-state index contributed by atoms with van der Waals surface area (Å²) in [6, 6.07) is 7.68. The molecule has 0 unspecified atom stereocenters. The summed E-state index contributed by atoms with van der Waals surface area (Å²) in [4.78, 5) is 8.30. The summed E-state index contributed by atoms with van der Waals surface area (Å²) in [7, 11) is 1.63. The van der Waals surface area contributed by atoms with Crippen LogP contribution in [0.25, 0.3) is 11.0 Å². The summed E-state index contributed by atoms with van der Waals surface area (Å²) in [6.07, 6.45) is 1.40. The Bertz CT molecular complexity index is 887. The molecular weight excluding hydrogens is 359 g/mol. The number of rotatable bonds is 4. The first-order valence-electron chi connectivity index (χ1n) is 6.80. The Morgan fingerprint density at radius 2 is 1.96 bits per heavy atom. The molecule has 3 rings (SSSR count). The Hall–Kier alpha value is -2.57. The van der Waals surface area contributed by atoms with Gasteiger partial charge in [0.25, 0.3) is 0 Å². The number of methoxy groups -OCH3 is 1. The molecule has 1 radical (unpaired) electrons. The van der Waals surface area contributed by atoms with Crippen LogP contribution in [0, 0.1) is 5.41 Å².